The van der Waals surface area contributed by atoms with Gasteiger partial charge in [-0.1, -0.05) is 25.5 Å². The van der Waals surface area contributed by atoms with E-state index in [0.717, 1.165) is 12.8 Å². The summed E-state index contributed by atoms with van der Waals surface area (Å²) >= 11 is 0. The molecular formula is C10H18N2O3. The lowest BCUT2D eigenvalue weighted by atomic mass is 10.3. The van der Waals surface area contributed by atoms with Gasteiger partial charge >= 0.3 is 6.09 Å². The maximum atomic E-state index is 10.9. The van der Waals surface area contributed by atoms with Gasteiger partial charge in [0.2, 0.25) is 0 Å². The van der Waals surface area contributed by atoms with Gasteiger partial charge in [-0.3, -0.25) is 4.79 Å². The molecule has 15 heavy (non-hydrogen) atoms. The number of carbonyl (C=O) groups excluding carboxylic acids is 2. The second-order valence-corrected chi connectivity index (χ2v) is 2.89. The van der Waals surface area contributed by atoms with Crippen LogP contribution in [0.2, 0.25) is 0 Å². The third-order valence-electron chi connectivity index (χ3n) is 1.60. The molecule has 5 nitrogen and oxygen atoms in total. The molecular weight excluding hydrogens is 196 g/mol. The third-order valence-corrected chi connectivity index (χ3v) is 1.60. The molecule has 0 aliphatic heterocycles. The molecule has 0 aliphatic rings. The predicted octanol–water partition coefficient (Wildman–Crippen LogP) is 0.815. The standard InChI is InChI=1S/C10H18N2O3/c1-3-4-5-6-7-12-10(14)15-8-9(13)11-2/h5-6H,3-4,7-8H2,1-2H3,(H,11,13)(H,12,14)/b6-5-. The van der Waals surface area contributed by atoms with Crippen molar-refractivity contribution in [1.29, 1.82) is 0 Å². The summed E-state index contributed by atoms with van der Waals surface area (Å²) in [5.74, 6) is -0.327. The van der Waals surface area contributed by atoms with E-state index in [2.05, 4.69) is 22.3 Å². The average Bonchev–Trinajstić information content (AvgIpc) is 2.25. The van der Waals surface area contributed by atoms with E-state index >= 15 is 0 Å². The van der Waals surface area contributed by atoms with E-state index in [9.17, 15) is 9.59 Å². The molecule has 2 amide bonds. The third kappa shape index (κ3) is 8.80. The number of rotatable bonds is 6. The summed E-state index contributed by atoms with van der Waals surface area (Å²) in [5, 5.41) is 4.84. The SMILES string of the molecule is CCC/C=C\CNC(=O)OCC(=O)NC. The average molecular weight is 214 g/mol. The monoisotopic (exact) mass is 214 g/mol. The summed E-state index contributed by atoms with van der Waals surface area (Å²) in [4.78, 5) is 21.7. The van der Waals surface area contributed by atoms with E-state index in [1.807, 2.05) is 12.2 Å². The molecule has 0 unspecified atom stereocenters. The lowest BCUT2D eigenvalue weighted by Gasteiger charge is -2.03. The zero-order valence-corrected chi connectivity index (χ0v) is 9.21. The van der Waals surface area contributed by atoms with E-state index in [4.69, 9.17) is 0 Å². The number of allylic oxidation sites excluding steroid dienone is 1. The van der Waals surface area contributed by atoms with Crippen molar-refractivity contribution in [2.45, 2.75) is 19.8 Å². The van der Waals surface area contributed by atoms with Gasteiger partial charge in [0.25, 0.3) is 5.91 Å². The molecule has 0 atom stereocenters. The number of nitrogens with one attached hydrogen (secondary N) is 2. The summed E-state index contributed by atoms with van der Waals surface area (Å²) in [6, 6.07) is 0. The maximum absolute atomic E-state index is 10.9. The maximum Gasteiger partial charge on any atom is 0.407 e. The first kappa shape index (κ1) is 13.5. The van der Waals surface area contributed by atoms with Gasteiger partial charge in [-0.2, -0.15) is 0 Å². The van der Waals surface area contributed by atoms with E-state index in [1.54, 1.807) is 0 Å². The number of carbonyl (C=O) groups is 2. The number of likely N-dealkylation sites (N-methyl/N-ethyl adjacent to an activating group) is 1. The van der Waals surface area contributed by atoms with E-state index in [0.29, 0.717) is 6.54 Å². The van der Waals surface area contributed by atoms with Gasteiger partial charge in [0.15, 0.2) is 6.61 Å². The molecule has 0 saturated carbocycles. The number of amides is 2. The molecule has 0 fully saturated rings. The molecule has 0 bridgehead atoms. The van der Waals surface area contributed by atoms with Crippen LogP contribution in [0.1, 0.15) is 19.8 Å². The van der Waals surface area contributed by atoms with Gasteiger partial charge in [0, 0.05) is 13.6 Å². The Morgan fingerprint density at radius 2 is 2.07 bits per heavy atom. The Bertz CT molecular complexity index is 227. The zero-order chi connectivity index (χ0) is 11.5. The van der Waals surface area contributed by atoms with Crippen LogP contribution < -0.4 is 10.6 Å². The molecule has 0 aromatic rings. The first-order valence-corrected chi connectivity index (χ1v) is 4.97. The molecule has 0 saturated heterocycles. The fourth-order valence-corrected chi connectivity index (χ4v) is 0.764. The van der Waals surface area contributed by atoms with Crippen molar-refractivity contribution in [3.8, 4) is 0 Å². The first-order valence-electron chi connectivity index (χ1n) is 4.97. The molecule has 0 rings (SSSR count). The highest BCUT2D eigenvalue weighted by Gasteiger charge is 2.03. The van der Waals surface area contributed by atoms with E-state index < -0.39 is 6.09 Å². The molecule has 0 aliphatic carbocycles. The smallest absolute Gasteiger partial charge is 0.407 e. The largest absolute Gasteiger partial charge is 0.439 e. The number of hydrogen-bond acceptors (Lipinski definition) is 3. The predicted molar refractivity (Wildman–Crippen MR) is 57.5 cm³/mol. The summed E-state index contributed by atoms with van der Waals surface area (Å²) < 4.78 is 4.61. The Hall–Kier alpha value is -1.52. The molecule has 0 aromatic carbocycles. The molecule has 0 spiro atoms. The Balaban J connectivity index is 3.45. The lowest BCUT2D eigenvalue weighted by Crippen LogP contribution is -2.30. The van der Waals surface area contributed by atoms with Gasteiger partial charge in [-0.05, 0) is 6.42 Å². The number of alkyl carbamates (subject to hydrolysis) is 1. The van der Waals surface area contributed by atoms with Crippen molar-refractivity contribution in [3.05, 3.63) is 12.2 Å². The molecule has 86 valence electrons. The molecule has 5 heteroatoms. The highest BCUT2D eigenvalue weighted by atomic mass is 16.6. The minimum Gasteiger partial charge on any atom is -0.439 e. The van der Waals surface area contributed by atoms with Gasteiger partial charge in [-0.25, -0.2) is 4.79 Å². The quantitative estimate of drug-likeness (QED) is 0.643. The van der Waals surface area contributed by atoms with Crippen molar-refractivity contribution in [2.75, 3.05) is 20.2 Å². The molecule has 0 radical (unpaired) electrons. The number of unbranched alkanes of at least 4 members (excludes halogenated alkanes) is 1. The molecule has 0 heterocycles. The van der Waals surface area contributed by atoms with Gasteiger partial charge in [0.05, 0.1) is 0 Å². The summed E-state index contributed by atoms with van der Waals surface area (Å²) in [6.45, 7) is 2.25. The lowest BCUT2D eigenvalue weighted by molar-refractivity contribution is -0.123. The Morgan fingerprint density at radius 3 is 2.67 bits per heavy atom. The summed E-state index contributed by atoms with van der Waals surface area (Å²) in [5.41, 5.74) is 0. The van der Waals surface area contributed by atoms with Crippen LogP contribution in [0, 0.1) is 0 Å². The van der Waals surface area contributed by atoms with Crippen LogP contribution in [0.15, 0.2) is 12.2 Å². The first-order chi connectivity index (χ1) is 7.20. The van der Waals surface area contributed by atoms with E-state index in [1.165, 1.54) is 7.05 Å². The normalized spacial score (nSPS) is 10.0. The van der Waals surface area contributed by atoms with E-state index in [-0.39, 0.29) is 12.5 Å². The Kier molecular flexibility index (Phi) is 8.13. The van der Waals surface area contributed by atoms with Crippen LogP contribution in [0.25, 0.3) is 0 Å². The van der Waals surface area contributed by atoms with Gasteiger partial charge in [0.1, 0.15) is 0 Å². The van der Waals surface area contributed by atoms with Crippen LogP contribution in [0.5, 0.6) is 0 Å². The fraction of sp³-hybridized carbons (Fsp3) is 0.600. The summed E-state index contributed by atoms with van der Waals surface area (Å²) in [7, 11) is 1.48. The van der Waals surface area contributed by atoms with Crippen LogP contribution in [-0.4, -0.2) is 32.2 Å². The minimum absolute atomic E-state index is 0.249. The second kappa shape index (κ2) is 9.05. The Morgan fingerprint density at radius 1 is 1.33 bits per heavy atom. The van der Waals surface area contributed by atoms with Crippen molar-refractivity contribution in [1.82, 2.24) is 10.6 Å². The van der Waals surface area contributed by atoms with Crippen molar-refractivity contribution < 1.29 is 14.3 Å². The number of ether oxygens (including phenoxy) is 1. The van der Waals surface area contributed by atoms with Crippen molar-refractivity contribution in [2.24, 2.45) is 0 Å². The van der Waals surface area contributed by atoms with Crippen molar-refractivity contribution >= 4 is 12.0 Å². The molecule has 0 aromatic heterocycles. The Labute approximate surface area is 89.9 Å². The van der Waals surface area contributed by atoms with Gasteiger partial charge < -0.3 is 15.4 Å². The minimum atomic E-state index is -0.584. The topological polar surface area (TPSA) is 67.4 Å². The zero-order valence-electron chi connectivity index (χ0n) is 9.21. The summed E-state index contributed by atoms with van der Waals surface area (Å²) in [6.07, 6.45) is 5.33. The van der Waals surface area contributed by atoms with Crippen LogP contribution >= 0.6 is 0 Å². The van der Waals surface area contributed by atoms with Gasteiger partial charge in [-0.15, -0.1) is 0 Å². The fourth-order valence-electron chi connectivity index (χ4n) is 0.764. The number of hydrogen-bond donors (Lipinski definition) is 2. The molecule has 2 N–H and O–H groups in total. The van der Waals surface area contributed by atoms with Crippen LogP contribution in [-0.2, 0) is 9.53 Å². The van der Waals surface area contributed by atoms with Crippen molar-refractivity contribution in [3.63, 3.8) is 0 Å². The highest BCUT2D eigenvalue weighted by Crippen LogP contribution is 1.87. The highest BCUT2D eigenvalue weighted by molar-refractivity contribution is 5.79. The van der Waals surface area contributed by atoms with Crippen LogP contribution in [0.3, 0.4) is 0 Å². The van der Waals surface area contributed by atoms with Crippen LogP contribution in [0.4, 0.5) is 4.79 Å². The second-order valence-electron chi connectivity index (χ2n) is 2.89.